The Labute approximate surface area is 179 Å². The van der Waals surface area contributed by atoms with Gasteiger partial charge in [0.15, 0.2) is 9.66 Å². The second kappa shape index (κ2) is 6.89. The summed E-state index contributed by atoms with van der Waals surface area (Å²) in [5.41, 5.74) is 2.15. The van der Waals surface area contributed by atoms with Crippen molar-refractivity contribution in [2.45, 2.75) is 0 Å². The Kier molecular flexibility index (Phi) is 4.96. The molecule has 0 saturated carbocycles. The molecule has 120 valence electrons. The van der Waals surface area contributed by atoms with Crippen LogP contribution in [0.25, 0.3) is 30.8 Å². The molecule has 0 aliphatic carbocycles. The smallest absolute Gasteiger partial charge is 0.155 e. The van der Waals surface area contributed by atoms with Gasteiger partial charge in [0, 0.05) is 29.0 Å². The van der Waals surface area contributed by atoms with E-state index in [1.807, 2.05) is 24.3 Å². The SMILES string of the molecule is Brc1cccc(-c2nc3sc(-c4cccc(Br)c4Br)nc3s2)c1Br. The molecule has 2 aromatic heterocycles. The Bertz CT molecular complexity index is 959. The fourth-order valence-corrected chi connectivity index (χ4v) is 6.21. The molecule has 2 nitrogen and oxygen atoms in total. The number of fused-ring (bicyclic) bond motifs is 1. The zero-order valence-corrected chi connectivity index (χ0v) is 19.7. The first-order valence-electron chi connectivity index (χ1n) is 6.70. The van der Waals surface area contributed by atoms with Gasteiger partial charge in [0.2, 0.25) is 0 Å². The first kappa shape index (κ1) is 17.3. The van der Waals surface area contributed by atoms with Gasteiger partial charge in [-0.3, -0.25) is 0 Å². The van der Waals surface area contributed by atoms with Gasteiger partial charge in [0.1, 0.15) is 10.0 Å². The average Bonchev–Trinajstić information content (AvgIpc) is 3.11. The Morgan fingerprint density at radius 1 is 0.625 bits per heavy atom. The van der Waals surface area contributed by atoms with E-state index in [4.69, 9.17) is 9.97 Å². The summed E-state index contributed by atoms with van der Waals surface area (Å²) in [6, 6.07) is 12.1. The number of nitrogens with zero attached hydrogens (tertiary/aromatic N) is 2. The number of aromatic nitrogens is 2. The summed E-state index contributed by atoms with van der Waals surface area (Å²) in [5.74, 6) is 0. The third-order valence-electron chi connectivity index (χ3n) is 3.34. The lowest BCUT2D eigenvalue weighted by Gasteiger charge is -2.02. The summed E-state index contributed by atoms with van der Waals surface area (Å²) >= 11 is 17.5. The van der Waals surface area contributed by atoms with Crippen molar-refractivity contribution in [3.8, 4) is 21.1 Å². The van der Waals surface area contributed by atoms with E-state index in [9.17, 15) is 0 Å². The Balaban J connectivity index is 1.81. The van der Waals surface area contributed by atoms with E-state index in [1.165, 1.54) is 0 Å². The molecule has 0 saturated heterocycles. The number of halogens is 4. The van der Waals surface area contributed by atoms with E-state index in [0.717, 1.165) is 48.7 Å². The van der Waals surface area contributed by atoms with E-state index in [-0.39, 0.29) is 0 Å². The average molecular weight is 610 g/mol. The lowest BCUT2D eigenvalue weighted by atomic mass is 10.2. The van der Waals surface area contributed by atoms with Gasteiger partial charge in [-0.2, -0.15) is 0 Å². The van der Waals surface area contributed by atoms with Crippen LogP contribution in [0.3, 0.4) is 0 Å². The molecule has 0 radical (unpaired) electrons. The molecule has 0 N–H and O–H groups in total. The highest BCUT2D eigenvalue weighted by Gasteiger charge is 2.17. The third kappa shape index (κ3) is 3.05. The monoisotopic (exact) mass is 606 g/mol. The Hall–Kier alpha value is -0.120. The van der Waals surface area contributed by atoms with Crippen molar-refractivity contribution in [2.75, 3.05) is 0 Å². The molecule has 0 fully saturated rings. The van der Waals surface area contributed by atoms with Gasteiger partial charge in [0.05, 0.1) is 0 Å². The van der Waals surface area contributed by atoms with E-state index in [1.54, 1.807) is 22.7 Å². The van der Waals surface area contributed by atoms with Crippen LogP contribution in [-0.4, -0.2) is 9.97 Å². The molecule has 2 heterocycles. The lowest BCUT2D eigenvalue weighted by molar-refractivity contribution is 1.46. The summed E-state index contributed by atoms with van der Waals surface area (Å²) in [7, 11) is 0. The van der Waals surface area contributed by atoms with Gasteiger partial charge in [-0.25, -0.2) is 9.97 Å². The van der Waals surface area contributed by atoms with Crippen molar-refractivity contribution < 1.29 is 0 Å². The van der Waals surface area contributed by atoms with E-state index in [0.29, 0.717) is 0 Å². The van der Waals surface area contributed by atoms with Gasteiger partial charge in [-0.1, -0.05) is 46.9 Å². The molecular formula is C16H6Br4N2S2. The summed E-state index contributed by atoms with van der Waals surface area (Å²) in [6.07, 6.45) is 0. The highest BCUT2D eigenvalue weighted by molar-refractivity contribution is 9.13. The largest absolute Gasteiger partial charge is 0.223 e. The molecule has 4 rings (SSSR count). The second-order valence-corrected chi connectivity index (χ2v) is 10.1. The number of hydrogen-bond donors (Lipinski definition) is 0. The zero-order valence-electron chi connectivity index (χ0n) is 11.7. The van der Waals surface area contributed by atoms with Gasteiger partial charge >= 0.3 is 0 Å². The maximum atomic E-state index is 4.78. The maximum Gasteiger partial charge on any atom is 0.155 e. The standard InChI is InChI=1S/C16H6Br4N2S2/c17-9-5-1-3-7(11(9)19)13-21-15-16(23-13)22-14(24-15)8-4-2-6-10(18)12(8)20/h1-6H. The van der Waals surface area contributed by atoms with Crippen LogP contribution in [0.5, 0.6) is 0 Å². The van der Waals surface area contributed by atoms with Gasteiger partial charge in [0.25, 0.3) is 0 Å². The number of benzene rings is 2. The third-order valence-corrected chi connectivity index (χ3v) is 9.53. The molecule has 0 aliphatic heterocycles. The van der Waals surface area contributed by atoms with Crippen molar-refractivity contribution in [3.05, 3.63) is 54.3 Å². The normalized spacial score (nSPS) is 11.3. The number of rotatable bonds is 2. The van der Waals surface area contributed by atoms with Crippen LogP contribution in [0.1, 0.15) is 0 Å². The summed E-state index contributed by atoms with van der Waals surface area (Å²) < 4.78 is 4.07. The quantitative estimate of drug-likeness (QED) is 0.229. The van der Waals surface area contributed by atoms with Crippen LogP contribution >= 0.6 is 86.4 Å². The topological polar surface area (TPSA) is 25.8 Å². The van der Waals surface area contributed by atoms with Crippen LogP contribution < -0.4 is 0 Å². The first-order chi connectivity index (χ1) is 11.5. The number of thiazole rings is 2. The van der Waals surface area contributed by atoms with Gasteiger partial charge < -0.3 is 0 Å². The Morgan fingerprint density at radius 2 is 1.04 bits per heavy atom. The summed E-state index contributed by atoms with van der Waals surface area (Å²) in [5, 5.41) is 1.94. The van der Waals surface area contributed by atoms with Crippen LogP contribution in [0, 0.1) is 0 Å². The molecule has 8 heteroatoms. The van der Waals surface area contributed by atoms with Crippen LogP contribution in [0.2, 0.25) is 0 Å². The van der Waals surface area contributed by atoms with Crippen molar-refractivity contribution in [1.82, 2.24) is 9.97 Å². The lowest BCUT2D eigenvalue weighted by Crippen LogP contribution is -1.80. The molecule has 0 atom stereocenters. The molecule has 0 unspecified atom stereocenters. The minimum absolute atomic E-state index is 0.962. The molecule has 0 aliphatic rings. The predicted molar refractivity (Wildman–Crippen MR) is 117 cm³/mol. The van der Waals surface area contributed by atoms with Crippen LogP contribution in [-0.2, 0) is 0 Å². The maximum absolute atomic E-state index is 4.78. The first-order valence-corrected chi connectivity index (χ1v) is 11.5. The number of hydrogen-bond acceptors (Lipinski definition) is 4. The van der Waals surface area contributed by atoms with Crippen molar-refractivity contribution in [2.24, 2.45) is 0 Å². The van der Waals surface area contributed by atoms with Crippen molar-refractivity contribution >= 4 is 96.1 Å². The second-order valence-electron chi connectivity index (χ2n) is 4.85. The molecular weight excluding hydrogens is 604 g/mol. The summed E-state index contributed by atoms with van der Waals surface area (Å²) in [4.78, 5) is 11.5. The molecule has 0 amide bonds. The van der Waals surface area contributed by atoms with Crippen LogP contribution in [0.4, 0.5) is 0 Å². The minimum atomic E-state index is 0.962. The van der Waals surface area contributed by atoms with Crippen molar-refractivity contribution in [3.63, 3.8) is 0 Å². The fraction of sp³-hybridized carbons (Fsp3) is 0. The van der Waals surface area contributed by atoms with Gasteiger partial charge in [-0.05, 0) is 75.9 Å². The van der Waals surface area contributed by atoms with E-state index < -0.39 is 0 Å². The molecule has 4 aromatic rings. The summed E-state index contributed by atoms with van der Waals surface area (Å²) in [6.45, 7) is 0. The van der Waals surface area contributed by atoms with E-state index >= 15 is 0 Å². The molecule has 2 aromatic carbocycles. The van der Waals surface area contributed by atoms with E-state index in [2.05, 4.69) is 75.9 Å². The van der Waals surface area contributed by atoms with Gasteiger partial charge in [-0.15, -0.1) is 0 Å². The highest BCUT2D eigenvalue weighted by atomic mass is 79.9. The fourth-order valence-electron chi connectivity index (χ4n) is 2.21. The molecule has 0 bridgehead atoms. The minimum Gasteiger partial charge on any atom is -0.223 e. The molecule has 0 spiro atoms. The van der Waals surface area contributed by atoms with Crippen LogP contribution in [0.15, 0.2) is 54.3 Å². The predicted octanol–water partition coefficient (Wildman–Crippen LogP) is 8.14. The highest BCUT2D eigenvalue weighted by Crippen LogP contribution is 2.42. The zero-order chi connectivity index (χ0) is 16.8. The molecule has 24 heavy (non-hydrogen) atoms. The Morgan fingerprint density at radius 3 is 1.46 bits per heavy atom. The van der Waals surface area contributed by atoms with Crippen molar-refractivity contribution in [1.29, 1.82) is 0 Å².